The van der Waals surface area contributed by atoms with Gasteiger partial charge in [0.1, 0.15) is 0 Å². The van der Waals surface area contributed by atoms with Crippen LogP contribution in [-0.2, 0) is 9.59 Å². The van der Waals surface area contributed by atoms with Crippen LogP contribution in [0.5, 0.6) is 0 Å². The van der Waals surface area contributed by atoms with Crippen molar-refractivity contribution in [2.75, 3.05) is 37.6 Å². The average Bonchev–Trinajstić information content (AvgIpc) is 2.85. The number of hydrogen-bond donors (Lipinski definition) is 0. The summed E-state index contributed by atoms with van der Waals surface area (Å²) >= 11 is 0. The largest absolute Gasteiger partial charge is 0.301 e. The van der Waals surface area contributed by atoms with Gasteiger partial charge in [-0.25, -0.2) is 13.7 Å². The SMILES string of the molecule is CCN1CCN(C2CC(=O)N(c3ccc(F)c(F)c3)C2=O)CC1. The van der Waals surface area contributed by atoms with Gasteiger partial charge in [-0.05, 0) is 18.7 Å². The van der Waals surface area contributed by atoms with Crippen LogP contribution in [0.4, 0.5) is 14.5 Å². The Bertz CT molecular complexity index is 630. The zero-order valence-corrected chi connectivity index (χ0v) is 13.0. The second kappa shape index (κ2) is 6.33. The average molecular weight is 323 g/mol. The molecule has 0 saturated carbocycles. The van der Waals surface area contributed by atoms with Crippen LogP contribution in [-0.4, -0.2) is 60.4 Å². The summed E-state index contributed by atoms with van der Waals surface area (Å²) in [4.78, 5) is 30.1. The van der Waals surface area contributed by atoms with Gasteiger partial charge in [-0.2, -0.15) is 0 Å². The second-order valence-corrected chi connectivity index (χ2v) is 5.86. The summed E-state index contributed by atoms with van der Waals surface area (Å²) in [5.41, 5.74) is 0.0913. The number of carbonyl (C=O) groups excluding carboxylic acids is 2. The summed E-state index contributed by atoms with van der Waals surface area (Å²) in [6.45, 7) is 6.22. The van der Waals surface area contributed by atoms with E-state index in [0.29, 0.717) is 0 Å². The Balaban J connectivity index is 1.76. The summed E-state index contributed by atoms with van der Waals surface area (Å²) in [5, 5.41) is 0. The number of carbonyl (C=O) groups is 2. The molecular formula is C16H19F2N3O2. The Hall–Kier alpha value is -1.86. The van der Waals surface area contributed by atoms with Crippen molar-refractivity contribution in [2.45, 2.75) is 19.4 Å². The molecule has 5 nitrogen and oxygen atoms in total. The van der Waals surface area contributed by atoms with Gasteiger partial charge in [-0.1, -0.05) is 6.92 Å². The molecule has 2 amide bonds. The third-order valence-corrected chi connectivity index (χ3v) is 4.58. The predicted molar refractivity (Wildman–Crippen MR) is 80.9 cm³/mol. The summed E-state index contributed by atoms with van der Waals surface area (Å²) < 4.78 is 26.4. The molecule has 2 saturated heterocycles. The second-order valence-electron chi connectivity index (χ2n) is 5.86. The number of likely N-dealkylation sites (N-methyl/N-ethyl adjacent to an activating group) is 1. The van der Waals surface area contributed by atoms with Crippen molar-refractivity contribution in [1.29, 1.82) is 0 Å². The molecule has 124 valence electrons. The molecule has 1 atom stereocenters. The van der Waals surface area contributed by atoms with Crippen molar-refractivity contribution in [3.05, 3.63) is 29.8 Å². The number of nitrogens with zero attached hydrogens (tertiary/aromatic N) is 3. The fourth-order valence-electron chi connectivity index (χ4n) is 3.19. The lowest BCUT2D eigenvalue weighted by atomic mass is 10.1. The van der Waals surface area contributed by atoms with Crippen molar-refractivity contribution in [3.63, 3.8) is 0 Å². The van der Waals surface area contributed by atoms with E-state index in [2.05, 4.69) is 11.8 Å². The predicted octanol–water partition coefficient (Wildman–Crippen LogP) is 1.23. The third-order valence-electron chi connectivity index (χ3n) is 4.58. The maximum absolute atomic E-state index is 13.4. The number of anilines is 1. The van der Waals surface area contributed by atoms with Crippen LogP contribution in [0.15, 0.2) is 18.2 Å². The Labute approximate surface area is 133 Å². The first kappa shape index (κ1) is 16.0. The molecule has 0 aliphatic carbocycles. The van der Waals surface area contributed by atoms with Gasteiger partial charge in [-0.15, -0.1) is 0 Å². The Kier molecular flexibility index (Phi) is 4.41. The van der Waals surface area contributed by atoms with Crippen molar-refractivity contribution in [3.8, 4) is 0 Å². The minimum atomic E-state index is -1.07. The van der Waals surface area contributed by atoms with Gasteiger partial charge < -0.3 is 4.90 Å². The normalized spacial score (nSPS) is 23.8. The van der Waals surface area contributed by atoms with Crippen LogP contribution in [0.25, 0.3) is 0 Å². The van der Waals surface area contributed by atoms with Crippen LogP contribution < -0.4 is 4.90 Å². The number of rotatable bonds is 3. The Morgan fingerprint density at radius 1 is 1.09 bits per heavy atom. The van der Waals surface area contributed by atoms with Crippen molar-refractivity contribution in [2.24, 2.45) is 0 Å². The minimum absolute atomic E-state index is 0.0873. The lowest BCUT2D eigenvalue weighted by Crippen LogP contribution is -2.52. The highest BCUT2D eigenvalue weighted by molar-refractivity contribution is 6.22. The molecule has 0 bridgehead atoms. The monoisotopic (exact) mass is 323 g/mol. The first-order chi connectivity index (χ1) is 11.0. The lowest BCUT2D eigenvalue weighted by Gasteiger charge is -2.36. The van der Waals surface area contributed by atoms with Crippen LogP contribution in [0.1, 0.15) is 13.3 Å². The smallest absolute Gasteiger partial charge is 0.251 e. The molecule has 0 aromatic heterocycles. The van der Waals surface area contributed by atoms with Crippen LogP contribution in [0, 0.1) is 11.6 Å². The molecule has 7 heteroatoms. The van der Waals surface area contributed by atoms with Gasteiger partial charge in [0.15, 0.2) is 11.6 Å². The van der Waals surface area contributed by atoms with E-state index in [0.717, 1.165) is 49.8 Å². The molecule has 0 radical (unpaired) electrons. The van der Waals surface area contributed by atoms with E-state index in [1.807, 2.05) is 4.90 Å². The van der Waals surface area contributed by atoms with Gasteiger partial charge in [0.05, 0.1) is 18.2 Å². The minimum Gasteiger partial charge on any atom is -0.301 e. The molecule has 0 N–H and O–H groups in total. The van der Waals surface area contributed by atoms with Crippen molar-refractivity contribution in [1.82, 2.24) is 9.80 Å². The van der Waals surface area contributed by atoms with Gasteiger partial charge in [0.25, 0.3) is 5.91 Å². The standard InChI is InChI=1S/C16H19F2N3O2/c1-2-19-5-7-20(8-6-19)14-10-15(22)21(16(14)23)11-3-4-12(17)13(18)9-11/h3-4,9,14H,2,5-8,10H2,1H3. The molecule has 2 heterocycles. The molecule has 0 spiro atoms. The summed E-state index contributed by atoms with van der Waals surface area (Å²) in [6, 6.07) is 2.57. The highest BCUT2D eigenvalue weighted by Gasteiger charge is 2.43. The van der Waals surface area contributed by atoms with E-state index in [1.165, 1.54) is 6.07 Å². The van der Waals surface area contributed by atoms with E-state index in [4.69, 9.17) is 0 Å². The quantitative estimate of drug-likeness (QED) is 0.785. The van der Waals surface area contributed by atoms with Crippen LogP contribution in [0.2, 0.25) is 0 Å². The molecule has 2 fully saturated rings. The number of piperazine rings is 1. The first-order valence-corrected chi connectivity index (χ1v) is 7.79. The molecule has 1 aromatic carbocycles. The van der Waals surface area contributed by atoms with Gasteiger partial charge in [0, 0.05) is 32.2 Å². The van der Waals surface area contributed by atoms with Crippen molar-refractivity contribution >= 4 is 17.5 Å². The van der Waals surface area contributed by atoms with E-state index in [1.54, 1.807) is 0 Å². The molecular weight excluding hydrogens is 304 g/mol. The Morgan fingerprint density at radius 2 is 1.78 bits per heavy atom. The molecule has 3 rings (SSSR count). The third kappa shape index (κ3) is 2.98. The highest BCUT2D eigenvalue weighted by Crippen LogP contribution is 2.27. The van der Waals surface area contributed by atoms with E-state index in [-0.39, 0.29) is 23.9 Å². The van der Waals surface area contributed by atoms with E-state index < -0.39 is 17.7 Å². The van der Waals surface area contributed by atoms with Gasteiger partial charge in [-0.3, -0.25) is 14.5 Å². The van der Waals surface area contributed by atoms with E-state index in [9.17, 15) is 18.4 Å². The maximum atomic E-state index is 13.4. The van der Waals surface area contributed by atoms with E-state index >= 15 is 0 Å². The number of imide groups is 1. The topological polar surface area (TPSA) is 43.9 Å². The molecule has 1 unspecified atom stereocenters. The summed E-state index contributed by atoms with van der Waals surface area (Å²) in [5.74, 6) is -2.79. The van der Waals surface area contributed by atoms with Crippen molar-refractivity contribution < 1.29 is 18.4 Å². The molecule has 2 aliphatic rings. The zero-order chi connectivity index (χ0) is 16.6. The van der Waals surface area contributed by atoms with Gasteiger partial charge >= 0.3 is 0 Å². The maximum Gasteiger partial charge on any atom is 0.251 e. The number of amides is 2. The molecule has 23 heavy (non-hydrogen) atoms. The molecule has 2 aliphatic heterocycles. The lowest BCUT2D eigenvalue weighted by molar-refractivity contribution is -0.123. The number of hydrogen-bond acceptors (Lipinski definition) is 4. The Morgan fingerprint density at radius 3 is 2.39 bits per heavy atom. The first-order valence-electron chi connectivity index (χ1n) is 7.79. The van der Waals surface area contributed by atoms with Gasteiger partial charge in [0.2, 0.25) is 5.91 Å². The van der Waals surface area contributed by atoms with Crippen LogP contribution in [0.3, 0.4) is 0 Å². The summed E-state index contributed by atoms with van der Waals surface area (Å²) in [7, 11) is 0. The zero-order valence-electron chi connectivity index (χ0n) is 13.0. The van der Waals surface area contributed by atoms with Crippen LogP contribution >= 0.6 is 0 Å². The fourth-order valence-corrected chi connectivity index (χ4v) is 3.19. The number of halogens is 2. The summed E-state index contributed by atoms with van der Waals surface area (Å²) in [6.07, 6.45) is 0.0873. The fraction of sp³-hybridized carbons (Fsp3) is 0.500. The molecule has 1 aromatic rings. The highest BCUT2D eigenvalue weighted by atomic mass is 19.2. The number of benzene rings is 1.